The molecule has 1 atom stereocenters. The van der Waals surface area contributed by atoms with Crippen molar-refractivity contribution in [2.24, 2.45) is 5.92 Å². The maximum Gasteiger partial charge on any atom is 0.244 e. The lowest BCUT2D eigenvalue weighted by molar-refractivity contribution is -0.119. The molecule has 0 saturated carbocycles. The average molecular weight is 274 g/mol. The van der Waals surface area contributed by atoms with Crippen LogP contribution in [0.15, 0.2) is 18.2 Å². The molecule has 2 rings (SSSR count). The zero-order valence-corrected chi connectivity index (χ0v) is 11.0. The van der Waals surface area contributed by atoms with E-state index in [1.165, 1.54) is 6.07 Å². The van der Waals surface area contributed by atoms with Gasteiger partial charge in [0.2, 0.25) is 15.9 Å². The Kier molecular flexibility index (Phi) is 2.91. The number of nitrogens with zero attached hydrogens (tertiary/aromatic N) is 1. The Hall–Kier alpha value is -1.07. The molecule has 1 saturated heterocycles. The first-order valence-corrected chi connectivity index (χ1v) is 7.14. The van der Waals surface area contributed by atoms with Gasteiger partial charge in [-0.05, 0) is 24.6 Å². The monoisotopic (exact) mass is 273 g/mol. The van der Waals surface area contributed by atoms with E-state index in [2.05, 4.69) is 0 Å². The summed E-state index contributed by atoms with van der Waals surface area (Å²) in [4.78, 5) is 11.8. The van der Waals surface area contributed by atoms with Crippen LogP contribution in [0.3, 0.4) is 0 Å². The highest BCUT2D eigenvalue weighted by atomic mass is 35.5. The maximum absolute atomic E-state index is 11.8. The van der Waals surface area contributed by atoms with E-state index in [0.29, 0.717) is 10.7 Å². The number of halogens is 1. The van der Waals surface area contributed by atoms with Crippen molar-refractivity contribution >= 4 is 33.2 Å². The normalized spacial score (nSPS) is 23.1. The van der Waals surface area contributed by atoms with Crippen molar-refractivity contribution in [1.29, 1.82) is 0 Å². The van der Waals surface area contributed by atoms with Crippen molar-refractivity contribution in [3.8, 4) is 0 Å². The largest absolute Gasteiger partial charge is 0.273 e. The lowest BCUT2D eigenvalue weighted by atomic mass is 10.2. The number of carbonyl (C=O) groups excluding carboxylic acids is 1. The molecular weight excluding hydrogens is 262 g/mol. The third-order valence-corrected chi connectivity index (χ3v) is 5.03. The minimum atomic E-state index is -3.54. The first-order chi connectivity index (χ1) is 7.83. The zero-order chi connectivity index (χ0) is 12.8. The SMILES string of the molecule is Cc1ccc(N2C(=O)C(C)CS2(=O)=O)cc1Cl. The van der Waals surface area contributed by atoms with Gasteiger partial charge in [-0.1, -0.05) is 24.6 Å². The molecule has 17 heavy (non-hydrogen) atoms. The van der Waals surface area contributed by atoms with Gasteiger partial charge in [0.15, 0.2) is 0 Å². The molecule has 0 radical (unpaired) electrons. The maximum atomic E-state index is 11.8. The molecule has 1 aromatic rings. The van der Waals surface area contributed by atoms with E-state index in [1.54, 1.807) is 19.1 Å². The van der Waals surface area contributed by atoms with Crippen LogP contribution in [0.1, 0.15) is 12.5 Å². The summed E-state index contributed by atoms with van der Waals surface area (Å²) in [6, 6.07) is 4.79. The number of carbonyl (C=O) groups is 1. The summed E-state index contributed by atoms with van der Waals surface area (Å²) in [5.74, 6) is -1.04. The fourth-order valence-corrected chi connectivity index (χ4v) is 3.78. The van der Waals surface area contributed by atoms with Crippen molar-refractivity contribution in [1.82, 2.24) is 0 Å². The third-order valence-electron chi connectivity index (χ3n) is 2.75. The number of amides is 1. The van der Waals surface area contributed by atoms with E-state index in [9.17, 15) is 13.2 Å². The van der Waals surface area contributed by atoms with Gasteiger partial charge in [-0.2, -0.15) is 0 Å². The van der Waals surface area contributed by atoms with Gasteiger partial charge in [0.25, 0.3) is 0 Å². The van der Waals surface area contributed by atoms with Crippen LogP contribution in [0.4, 0.5) is 5.69 Å². The smallest absolute Gasteiger partial charge is 0.244 e. The van der Waals surface area contributed by atoms with Crippen molar-refractivity contribution in [3.63, 3.8) is 0 Å². The highest BCUT2D eigenvalue weighted by molar-refractivity contribution is 7.94. The molecule has 4 nitrogen and oxygen atoms in total. The van der Waals surface area contributed by atoms with Crippen molar-refractivity contribution < 1.29 is 13.2 Å². The van der Waals surface area contributed by atoms with Gasteiger partial charge in [0.1, 0.15) is 0 Å². The number of hydrogen-bond donors (Lipinski definition) is 0. The Morgan fingerprint density at radius 3 is 2.53 bits per heavy atom. The van der Waals surface area contributed by atoms with Crippen LogP contribution in [0, 0.1) is 12.8 Å². The van der Waals surface area contributed by atoms with Gasteiger partial charge < -0.3 is 0 Å². The highest BCUT2D eigenvalue weighted by Crippen LogP contribution is 2.30. The molecule has 1 aliphatic heterocycles. The Morgan fingerprint density at radius 2 is 2.06 bits per heavy atom. The average Bonchev–Trinajstić information content (AvgIpc) is 2.41. The summed E-state index contributed by atoms with van der Waals surface area (Å²) >= 11 is 5.94. The fraction of sp³-hybridized carbons (Fsp3) is 0.364. The first kappa shape index (κ1) is 12.4. The standard InChI is InChI=1S/C11H12ClNO3S/c1-7-3-4-9(5-10(7)12)13-11(14)8(2)6-17(13,15)16/h3-5,8H,6H2,1-2H3. The van der Waals surface area contributed by atoms with Gasteiger partial charge in [-0.3, -0.25) is 4.79 Å². The van der Waals surface area contributed by atoms with Crippen LogP contribution < -0.4 is 4.31 Å². The summed E-state index contributed by atoms with van der Waals surface area (Å²) in [5.41, 5.74) is 1.16. The molecule has 1 aromatic carbocycles. The van der Waals surface area contributed by atoms with E-state index >= 15 is 0 Å². The second kappa shape index (κ2) is 3.99. The Bertz CT molecular complexity index is 582. The molecule has 1 heterocycles. The highest BCUT2D eigenvalue weighted by Gasteiger charge is 2.41. The molecule has 0 spiro atoms. The second-order valence-corrected chi connectivity index (χ2v) is 6.49. The van der Waals surface area contributed by atoms with E-state index in [4.69, 9.17) is 11.6 Å². The van der Waals surface area contributed by atoms with Crippen LogP contribution in [0.25, 0.3) is 0 Å². The number of hydrogen-bond acceptors (Lipinski definition) is 3. The molecule has 6 heteroatoms. The van der Waals surface area contributed by atoms with Crippen LogP contribution in [0.5, 0.6) is 0 Å². The van der Waals surface area contributed by atoms with Gasteiger partial charge in [-0.25, -0.2) is 12.7 Å². The molecule has 1 amide bonds. The van der Waals surface area contributed by atoms with Gasteiger partial charge in [0, 0.05) is 5.02 Å². The number of anilines is 1. The van der Waals surface area contributed by atoms with Crippen molar-refractivity contribution in [2.45, 2.75) is 13.8 Å². The number of aryl methyl sites for hydroxylation is 1. The molecule has 1 unspecified atom stereocenters. The molecule has 0 bridgehead atoms. The summed E-state index contributed by atoms with van der Waals surface area (Å²) < 4.78 is 24.5. The fourth-order valence-electron chi connectivity index (χ4n) is 1.79. The molecule has 1 fully saturated rings. The molecule has 0 aromatic heterocycles. The Morgan fingerprint density at radius 1 is 1.41 bits per heavy atom. The minimum absolute atomic E-state index is 0.142. The summed E-state index contributed by atoms with van der Waals surface area (Å²) in [6.07, 6.45) is 0. The molecule has 0 N–H and O–H groups in total. The van der Waals surface area contributed by atoms with Crippen LogP contribution in [-0.4, -0.2) is 20.1 Å². The van der Waals surface area contributed by atoms with Crippen molar-refractivity contribution in [3.05, 3.63) is 28.8 Å². The molecular formula is C11H12ClNO3S. The predicted molar refractivity (Wildman–Crippen MR) is 66.6 cm³/mol. The third kappa shape index (κ3) is 2.05. The zero-order valence-electron chi connectivity index (χ0n) is 9.47. The number of sulfonamides is 1. The van der Waals surface area contributed by atoms with E-state index in [-0.39, 0.29) is 5.75 Å². The first-order valence-electron chi connectivity index (χ1n) is 5.16. The van der Waals surface area contributed by atoms with E-state index < -0.39 is 21.8 Å². The second-order valence-electron chi connectivity index (χ2n) is 4.22. The Labute approximate surface area is 105 Å². The van der Waals surface area contributed by atoms with Gasteiger partial charge in [-0.15, -0.1) is 0 Å². The summed E-state index contributed by atoms with van der Waals surface area (Å²) in [5, 5.41) is 0.449. The van der Waals surface area contributed by atoms with Gasteiger partial charge in [0.05, 0.1) is 17.4 Å². The quantitative estimate of drug-likeness (QED) is 0.786. The summed E-state index contributed by atoms with van der Waals surface area (Å²) in [6.45, 7) is 3.42. The lowest BCUT2D eigenvalue weighted by Gasteiger charge is -2.15. The van der Waals surface area contributed by atoms with Crippen molar-refractivity contribution in [2.75, 3.05) is 10.1 Å². The predicted octanol–water partition coefficient (Wildman–Crippen LogP) is 1.96. The minimum Gasteiger partial charge on any atom is -0.273 e. The number of rotatable bonds is 1. The van der Waals surface area contributed by atoms with Crippen LogP contribution in [-0.2, 0) is 14.8 Å². The molecule has 0 aliphatic carbocycles. The summed E-state index contributed by atoms with van der Waals surface area (Å²) in [7, 11) is -3.54. The molecule has 1 aliphatic rings. The lowest BCUT2D eigenvalue weighted by Crippen LogP contribution is -2.30. The van der Waals surface area contributed by atoms with Crippen LogP contribution >= 0.6 is 11.6 Å². The van der Waals surface area contributed by atoms with E-state index in [0.717, 1.165) is 9.87 Å². The topological polar surface area (TPSA) is 54.5 Å². The van der Waals surface area contributed by atoms with Gasteiger partial charge >= 0.3 is 0 Å². The Balaban J connectivity index is 2.53. The number of benzene rings is 1. The van der Waals surface area contributed by atoms with Crippen LogP contribution in [0.2, 0.25) is 5.02 Å². The molecule has 92 valence electrons. The van der Waals surface area contributed by atoms with E-state index in [1.807, 2.05) is 6.92 Å².